The Hall–Kier alpha value is -2.38. The van der Waals surface area contributed by atoms with Crippen LogP contribution in [0.4, 0.5) is 5.69 Å². The Morgan fingerprint density at radius 1 is 1.37 bits per heavy atom. The smallest absolute Gasteiger partial charge is 0.337 e. The van der Waals surface area contributed by atoms with Gasteiger partial charge in [0.15, 0.2) is 0 Å². The number of benzene rings is 1. The fourth-order valence-electron chi connectivity index (χ4n) is 5.45. The molecule has 0 aromatic heterocycles. The quantitative estimate of drug-likeness (QED) is 0.453. The van der Waals surface area contributed by atoms with E-state index < -0.39 is 5.60 Å². The molecule has 162 valence electrons. The van der Waals surface area contributed by atoms with E-state index in [1.165, 1.54) is 13.4 Å². The number of methoxy groups -OCH3 is 3. The second-order valence-corrected chi connectivity index (χ2v) is 8.28. The van der Waals surface area contributed by atoms with Gasteiger partial charge in [0.05, 0.1) is 56.2 Å². The number of aliphatic hydroxyl groups is 1. The number of esters is 1. The molecule has 1 aromatic rings. The summed E-state index contributed by atoms with van der Waals surface area (Å²) in [5.41, 5.74) is 1.70. The lowest BCUT2D eigenvalue weighted by atomic mass is 9.70. The molecular weight excluding hydrogens is 384 g/mol. The van der Waals surface area contributed by atoms with Crippen molar-refractivity contribution in [1.29, 1.82) is 0 Å². The van der Waals surface area contributed by atoms with Gasteiger partial charge in [-0.1, -0.05) is 19.4 Å². The molecule has 4 atom stereocenters. The molecule has 0 amide bonds. The molecule has 0 bridgehead atoms. The molecule has 3 aliphatic rings. The predicted octanol–water partition coefficient (Wildman–Crippen LogP) is 2.79. The molecular formula is C23H30N2O5. The summed E-state index contributed by atoms with van der Waals surface area (Å²) < 4.78 is 15.8. The lowest BCUT2D eigenvalue weighted by Crippen LogP contribution is -2.60. The summed E-state index contributed by atoms with van der Waals surface area (Å²) in [6.07, 6.45) is 3.71. The number of rotatable bonds is 5. The van der Waals surface area contributed by atoms with E-state index in [1.54, 1.807) is 14.2 Å². The number of piperidine rings is 2. The SMILES string of the molecule is CCC1CN2CCC3(O)C(=Nc4cccc(OC)c43)C2CC1C(=COC)C(=O)OC. The van der Waals surface area contributed by atoms with Crippen molar-refractivity contribution in [3.05, 3.63) is 35.6 Å². The molecule has 3 heterocycles. The zero-order valence-corrected chi connectivity index (χ0v) is 18.1. The second-order valence-electron chi connectivity index (χ2n) is 8.28. The highest BCUT2D eigenvalue weighted by molar-refractivity contribution is 6.05. The van der Waals surface area contributed by atoms with E-state index in [2.05, 4.69) is 11.8 Å². The van der Waals surface area contributed by atoms with Crippen LogP contribution in [-0.4, -0.2) is 62.1 Å². The number of hydrogen-bond donors (Lipinski definition) is 1. The van der Waals surface area contributed by atoms with E-state index in [1.807, 2.05) is 18.2 Å². The van der Waals surface area contributed by atoms with Crippen molar-refractivity contribution in [3.8, 4) is 5.75 Å². The minimum absolute atomic E-state index is 0.0284. The molecule has 1 N–H and O–H groups in total. The van der Waals surface area contributed by atoms with Gasteiger partial charge in [0.1, 0.15) is 11.4 Å². The zero-order valence-electron chi connectivity index (χ0n) is 18.1. The first-order valence-corrected chi connectivity index (χ1v) is 10.5. The first-order valence-electron chi connectivity index (χ1n) is 10.5. The molecule has 30 heavy (non-hydrogen) atoms. The third-order valence-electron chi connectivity index (χ3n) is 6.92. The first-order chi connectivity index (χ1) is 14.5. The molecule has 2 fully saturated rings. The largest absolute Gasteiger partial charge is 0.504 e. The van der Waals surface area contributed by atoms with E-state index in [4.69, 9.17) is 19.2 Å². The van der Waals surface area contributed by atoms with Crippen molar-refractivity contribution >= 4 is 17.4 Å². The molecule has 4 rings (SSSR count). The van der Waals surface area contributed by atoms with Crippen molar-refractivity contribution in [2.45, 2.75) is 37.8 Å². The molecule has 0 aliphatic carbocycles. The van der Waals surface area contributed by atoms with Crippen LogP contribution in [0.1, 0.15) is 31.7 Å². The molecule has 0 radical (unpaired) electrons. The van der Waals surface area contributed by atoms with Gasteiger partial charge in [-0.3, -0.25) is 9.89 Å². The van der Waals surface area contributed by atoms with Gasteiger partial charge in [-0.2, -0.15) is 0 Å². The molecule has 4 unspecified atom stereocenters. The minimum Gasteiger partial charge on any atom is -0.504 e. The Labute approximate surface area is 177 Å². The topological polar surface area (TPSA) is 80.6 Å². The number of hydrogen-bond acceptors (Lipinski definition) is 7. The van der Waals surface area contributed by atoms with Gasteiger partial charge in [0.2, 0.25) is 0 Å². The molecule has 1 aromatic carbocycles. The van der Waals surface area contributed by atoms with Crippen LogP contribution < -0.4 is 4.74 Å². The molecule has 3 aliphatic heterocycles. The summed E-state index contributed by atoms with van der Waals surface area (Å²) in [6, 6.07) is 5.63. The zero-order chi connectivity index (χ0) is 21.5. The second kappa shape index (κ2) is 8.04. The fraction of sp³-hybridized carbons (Fsp3) is 0.565. The van der Waals surface area contributed by atoms with Gasteiger partial charge < -0.3 is 19.3 Å². The van der Waals surface area contributed by atoms with Gasteiger partial charge in [0, 0.05) is 13.1 Å². The number of fused-ring (bicyclic) bond motifs is 5. The van der Waals surface area contributed by atoms with E-state index in [0.717, 1.165) is 36.5 Å². The van der Waals surface area contributed by atoms with Crippen molar-refractivity contribution < 1.29 is 24.1 Å². The van der Waals surface area contributed by atoms with E-state index in [-0.39, 0.29) is 17.9 Å². The number of carbonyl (C=O) groups excluding carboxylic acids is 1. The Balaban J connectivity index is 1.72. The van der Waals surface area contributed by atoms with E-state index in [0.29, 0.717) is 30.1 Å². The average Bonchev–Trinajstić information content (AvgIpc) is 3.09. The van der Waals surface area contributed by atoms with Crippen LogP contribution in [0.5, 0.6) is 5.75 Å². The third-order valence-corrected chi connectivity index (χ3v) is 6.92. The van der Waals surface area contributed by atoms with Crippen LogP contribution in [0.2, 0.25) is 0 Å². The number of aliphatic imine (C=N–C) groups is 1. The maximum Gasteiger partial charge on any atom is 0.337 e. The van der Waals surface area contributed by atoms with Crippen LogP contribution in [0, 0.1) is 11.8 Å². The van der Waals surface area contributed by atoms with Gasteiger partial charge in [-0.15, -0.1) is 0 Å². The highest BCUT2D eigenvalue weighted by Crippen LogP contribution is 2.51. The summed E-state index contributed by atoms with van der Waals surface area (Å²) in [5, 5.41) is 11.8. The summed E-state index contributed by atoms with van der Waals surface area (Å²) in [7, 11) is 4.56. The summed E-state index contributed by atoms with van der Waals surface area (Å²) in [4.78, 5) is 19.8. The Morgan fingerprint density at radius 2 is 2.17 bits per heavy atom. The van der Waals surface area contributed by atoms with Crippen molar-refractivity contribution in [1.82, 2.24) is 4.90 Å². The van der Waals surface area contributed by atoms with Crippen LogP contribution in [-0.2, 0) is 19.9 Å². The molecule has 0 saturated carbocycles. The molecule has 0 spiro atoms. The van der Waals surface area contributed by atoms with Gasteiger partial charge in [0.25, 0.3) is 0 Å². The van der Waals surface area contributed by atoms with Crippen molar-refractivity contribution in [2.75, 3.05) is 34.4 Å². The maximum absolute atomic E-state index is 12.5. The summed E-state index contributed by atoms with van der Waals surface area (Å²) in [6.45, 7) is 3.75. The van der Waals surface area contributed by atoms with Gasteiger partial charge >= 0.3 is 5.97 Å². The van der Waals surface area contributed by atoms with Crippen molar-refractivity contribution in [3.63, 3.8) is 0 Å². The van der Waals surface area contributed by atoms with Crippen molar-refractivity contribution in [2.24, 2.45) is 16.8 Å². The molecule has 7 nitrogen and oxygen atoms in total. The highest BCUT2D eigenvalue weighted by Gasteiger charge is 2.54. The van der Waals surface area contributed by atoms with Gasteiger partial charge in [-0.05, 0) is 36.8 Å². The van der Waals surface area contributed by atoms with Crippen LogP contribution in [0.25, 0.3) is 0 Å². The van der Waals surface area contributed by atoms with Crippen LogP contribution in [0.15, 0.2) is 35.0 Å². The van der Waals surface area contributed by atoms with E-state index in [9.17, 15) is 9.90 Å². The Morgan fingerprint density at radius 3 is 2.83 bits per heavy atom. The lowest BCUT2D eigenvalue weighted by Gasteiger charge is -2.50. The highest BCUT2D eigenvalue weighted by atomic mass is 16.5. The minimum atomic E-state index is -1.14. The Bertz CT molecular complexity index is 896. The van der Waals surface area contributed by atoms with E-state index >= 15 is 0 Å². The molecule has 2 saturated heterocycles. The predicted molar refractivity (Wildman–Crippen MR) is 113 cm³/mol. The monoisotopic (exact) mass is 414 g/mol. The molecule has 7 heteroatoms. The standard InChI is InChI=1S/C23H30N2O5/c1-5-14-12-25-10-9-23(27)20-17(7-6-8-19(20)29-3)24-21(23)18(25)11-15(14)16(13-28-2)22(26)30-4/h6-8,13-15,18,27H,5,9-12H2,1-4H3. The van der Waals surface area contributed by atoms with Crippen LogP contribution >= 0.6 is 0 Å². The first kappa shape index (κ1) is 20.9. The lowest BCUT2D eigenvalue weighted by molar-refractivity contribution is -0.137. The third kappa shape index (κ3) is 3.11. The summed E-state index contributed by atoms with van der Waals surface area (Å²) >= 11 is 0. The number of nitrogens with zero attached hydrogens (tertiary/aromatic N) is 2. The Kier molecular flexibility index (Phi) is 5.59. The summed E-state index contributed by atoms with van der Waals surface area (Å²) in [5.74, 6) is 0.569. The average molecular weight is 415 g/mol. The number of carbonyl (C=O) groups is 1. The number of ether oxygens (including phenoxy) is 3. The maximum atomic E-state index is 12.5. The van der Waals surface area contributed by atoms with Crippen LogP contribution in [0.3, 0.4) is 0 Å². The fourth-order valence-corrected chi connectivity index (χ4v) is 5.45. The van der Waals surface area contributed by atoms with Gasteiger partial charge in [-0.25, -0.2) is 4.79 Å². The normalized spacial score (nSPS) is 30.6.